The van der Waals surface area contributed by atoms with Crippen molar-refractivity contribution in [2.45, 2.75) is 18.2 Å². The fraction of sp³-hybridized carbons (Fsp3) is 0.200. The maximum atomic E-state index is 12.5. The van der Waals surface area contributed by atoms with Gasteiger partial charge in [0.2, 0.25) is 10.0 Å². The van der Waals surface area contributed by atoms with Crippen molar-refractivity contribution in [2.24, 2.45) is 0 Å². The molecule has 2 aromatic carbocycles. The average Bonchev–Trinajstić information content (AvgIpc) is 3.16. The second kappa shape index (κ2) is 8.64. The first-order chi connectivity index (χ1) is 13.4. The summed E-state index contributed by atoms with van der Waals surface area (Å²) in [4.78, 5) is 16.2. The third-order valence-electron chi connectivity index (χ3n) is 4.09. The van der Waals surface area contributed by atoms with Crippen LogP contribution in [-0.4, -0.2) is 33.0 Å². The van der Waals surface area contributed by atoms with E-state index >= 15 is 0 Å². The molecule has 1 heterocycles. The molecule has 0 radical (unpaired) electrons. The third kappa shape index (κ3) is 4.83. The minimum absolute atomic E-state index is 0.0222. The van der Waals surface area contributed by atoms with Crippen molar-refractivity contribution in [1.29, 1.82) is 0 Å². The number of ether oxygens (including phenoxy) is 1. The molecule has 8 heteroatoms. The van der Waals surface area contributed by atoms with Gasteiger partial charge in [-0.25, -0.2) is 22.9 Å². The molecule has 0 saturated carbocycles. The Hall–Kier alpha value is -2.55. The number of aromatic nitrogens is 1. The molecule has 28 heavy (non-hydrogen) atoms. The predicted molar refractivity (Wildman–Crippen MR) is 109 cm³/mol. The van der Waals surface area contributed by atoms with Crippen LogP contribution in [0.5, 0.6) is 0 Å². The number of methoxy groups -OCH3 is 1. The number of benzene rings is 2. The minimum atomic E-state index is -3.73. The highest BCUT2D eigenvalue weighted by Crippen LogP contribution is 2.24. The van der Waals surface area contributed by atoms with Crippen LogP contribution in [0.4, 0.5) is 0 Å². The molecule has 0 amide bonds. The third-order valence-corrected chi connectivity index (χ3v) is 6.49. The van der Waals surface area contributed by atoms with E-state index < -0.39 is 16.0 Å². The highest BCUT2D eigenvalue weighted by molar-refractivity contribution is 7.89. The molecule has 3 rings (SSSR count). The number of hydrogen-bond acceptors (Lipinski definition) is 6. The lowest BCUT2D eigenvalue weighted by atomic mass is 10.2. The first kappa shape index (κ1) is 20.2. The highest BCUT2D eigenvalue weighted by Gasteiger charge is 2.16. The van der Waals surface area contributed by atoms with Crippen LogP contribution in [0.15, 0.2) is 58.8 Å². The molecule has 0 saturated heterocycles. The van der Waals surface area contributed by atoms with E-state index in [2.05, 4.69) is 14.4 Å². The Bertz CT molecular complexity index is 1070. The van der Waals surface area contributed by atoms with Gasteiger partial charge in [0.1, 0.15) is 5.01 Å². The summed E-state index contributed by atoms with van der Waals surface area (Å²) in [6.07, 6.45) is 0.471. The summed E-state index contributed by atoms with van der Waals surface area (Å²) in [7, 11) is -2.48. The van der Waals surface area contributed by atoms with Crippen LogP contribution in [0.3, 0.4) is 0 Å². The summed E-state index contributed by atoms with van der Waals surface area (Å²) in [5.41, 5.74) is 3.24. The Kier molecular flexibility index (Phi) is 6.23. The van der Waals surface area contributed by atoms with Gasteiger partial charge in [-0.15, -0.1) is 11.3 Å². The van der Waals surface area contributed by atoms with Crippen molar-refractivity contribution in [2.75, 3.05) is 13.7 Å². The number of hydrogen-bond donors (Lipinski definition) is 1. The molecule has 0 spiro atoms. The number of nitrogens with one attached hydrogen (secondary N) is 1. The summed E-state index contributed by atoms with van der Waals surface area (Å²) in [5.74, 6) is -0.580. The quantitative estimate of drug-likeness (QED) is 0.597. The number of carbonyl (C=O) groups is 1. The van der Waals surface area contributed by atoms with Crippen LogP contribution in [-0.2, 0) is 21.2 Å². The first-order valence-electron chi connectivity index (χ1n) is 8.58. The number of sulfonamides is 1. The zero-order valence-electron chi connectivity index (χ0n) is 15.5. The second-order valence-corrected chi connectivity index (χ2v) is 8.80. The molecule has 0 atom stereocenters. The minimum Gasteiger partial charge on any atom is -0.465 e. The maximum Gasteiger partial charge on any atom is 0.337 e. The van der Waals surface area contributed by atoms with Gasteiger partial charge >= 0.3 is 5.97 Å². The average molecular weight is 417 g/mol. The van der Waals surface area contributed by atoms with E-state index in [1.54, 1.807) is 0 Å². The smallest absolute Gasteiger partial charge is 0.337 e. The molecule has 6 nitrogen and oxygen atoms in total. The van der Waals surface area contributed by atoms with Gasteiger partial charge in [0, 0.05) is 23.9 Å². The summed E-state index contributed by atoms with van der Waals surface area (Å²) < 4.78 is 32.1. The van der Waals surface area contributed by atoms with Gasteiger partial charge < -0.3 is 4.74 Å². The highest BCUT2D eigenvalue weighted by atomic mass is 32.2. The normalized spacial score (nSPS) is 11.4. The van der Waals surface area contributed by atoms with Gasteiger partial charge in [0.25, 0.3) is 0 Å². The monoisotopic (exact) mass is 416 g/mol. The van der Waals surface area contributed by atoms with Crippen molar-refractivity contribution < 1.29 is 17.9 Å². The number of esters is 1. The standard InChI is InChI=1S/C20H20N2O4S2/c1-14-6-8-15(9-7-14)19-22-17(13-27-19)10-11-21-28(24,25)18-5-3-4-16(12-18)20(23)26-2/h3-9,12-13,21H,10-11H2,1-2H3. The van der Waals surface area contributed by atoms with Crippen molar-refractivity contribution in [3.8, 4) is 10.6 Å². The predicted octanol–water partition coefficient (Wildman–Crippen LogP) is 3.43. The van der Waals surface area contributed by atoms with Gasteiger partial charge in [-0.05, 0) is 25.1 Å². The Morgan fingerprint density at radius 3 is 2.64 bits per heavy atom. The molecule has 0 bridgehead atoms. The van der Waals surface area contributed by atoms with Gasteiger partial charge in [-0.1, -0.05) is 35.9 Å². The van der Waals surface area contributed by atoms with Crippen molar-refractivity contribution >= 4 is 27.3 Å². The number of aryl methyl sites for hydroxylation is 1. The SMILES string of the molecule is COC(=O)c1cccc(S(=O)(=O)NCCc2csc(-c3ccc(C)cc3)n2)c1. The molecular weight excluding hydrogens is 396 g/mol. The molecule has 0 unspecified atom stereocenters. The molecule has 0 aliphatic carbocycles. The van der Waals surface area contributed by atoms with E-state index in [0.717, 1.165) is 16.3 Å². The van der Waals surface area contributed by atoms with Gasteiger partial charge in [0.15, 0.2) is 0 Å². The van der Waals surface area contributed by atoms with E-state index in [9.17, 15) is 13.2 Å². The molecule has 0 fully saturated rings. The molecular formula is C20H20N2O4S2. The number of rotatable bonds is 7. The molecule has 1 N–H and O–H groups in total. The summed E-state index contributed by atoms with van der Waals surface area (Å²) in [6.45, 7) is 2.24. The van der Waals surface area contributed by atoms with E-state index in [1.807, 2.05) is 36.6 Å². The van der Waals surface area contributed by atoms with Gasteiger partial charge in [-0.3, -0.25) is 0 Å². The molecule has 0 aliphatic rings. The molecule has 0 aliphatic heterocycles. The summed E-state index contributed by atoms with van der Waals surface area (Å²) in [5, 5.41) is 2.84. The topological polar surface area (TPSA) is 85.4 Å². The van der Waals surface area contributed by atoms with Crippen molar-refractivity contribution in [3.05, 3.63) is 70.7 Å². The Morgan fingerprint density at radius 2 is 1.93 bits per heavy atom. The van der Waals surface area contributed by atoms with Gasteiger partial charge in [-0.2, -0.15) is 0 Å². The lowest BCUT2D eigenvalue weighted by Gasteiger charge is -2.07. The Morgan fingerprint density at radius 1 is 1.18 bits per heavy atom. The van der Waals surface area contributed by atoms with Crippen LogP contribution in [0.1, 0.15) is 21.6 Å². The van der Waals surface area contributed by atoms with E-state index in [4.69, 9.17) is 0 Å². The van der Waals surface area contributed by atoms with Crippen molar-refractivity contribution in [3.63, 3.8) is 0 Å². The number of nitrogens with zero attached hydrogens (tertiary/aromatic N) is 1. The first-order valence-corrected chi connectivity index (χ1v) is 10.9. The molecule has 3 aromatic rings. The van der Waals surface area contributed by atoms with E-state index in [1.165, 1.54) is 48.3 Å². The molecule has 1 aromatic heterocycles. The van der Waals surface area contributed by atoms with Gasteiger partial charge in [0.05, 0.1) is 23.3 Å². The fourth-order valence-corrected chi connectivity index (χ4v) is 4.49. The zero-order valence-corrected chi connectivity index (χ0v) is 17.1. The second-order valence-electron chi connectivity index (χ2n) is 6.18. The van der Waals surface area contributed by atoms with Crippen LogP contribution >= 0.6 is 11.3 Å². The van der Waals surface area contributed by atoms with Crippen LogP contribution < -0.4 is 4.72 Å². The fourth-order valence-electron chi connectivity index (χ4n) is 2.56. The zero-order chi connectivity index (χ0) is 20.1. The van der Waals surface area contributed by atoms with Crippen molar-refractivity contribution in [1.82, 2.24) is 9.71 Å². The Labute approximate surface area is 168 Å². The largest absolute Gasteiger partial charge is 0.465 e. The summed E-state index contributed by atoms with van der Waals surface area (Å²) in [6, 6.07) is 13.9. The summed E-state index contributed by atoms with van der Waals surface area (Å²) >= 11 is 1.53. The van der Waals surface area contributed by atoms with Crippen LogP contribution in [0, 0.1) is 6.92 Å². The lowest BCUT2D eigenvalue weighted by molar-refractivity contribution is 0.0600. The van der Waals surface area contributed by atoms with E-state index in [0.29, 0.717) is 6.42 Å². The molecule has 146 valence electrons. The lowest BCUT2D eigenvalue weighted by Crippen LogP contribution is -2.26. The number of carbonyl (C=O) groups excluding carboxylic acids is 1. The Balaban J connectivity index is 1.63. The number of thiazole rings is 1. The van der Waals surface area contributed by atoms with Crippen LogP contribution in [0.25, 0.3) is 10.6 Å². The van der Waals surface area contributed by atoms with E-state index in [-0.39, 0.29) is 17.0 Å². The maximum absolute atomic E-state index is 12.5. The van der Waals surface area contributed by atoms with Crippen LogP contribution in [0.2, 0.25) is 0 Å².